The first-order valence-electron chi connectivity index (χ1n) is 7.71. The van der Waals surface area contributed by atoms with E-state index in [0.717, 1.165) is 18.4 Å². The summed E-state index contributed by atoms with van der Waals surface area (Å²) in [5, 5.41) is 0. The Hall–Kier alpha value is -1.75. The second-order valence-corrected chi connectivity index (χ2v) is 7.12. The number of esters is 1. The second-order valence-electron chi connectivity index (χ2n) is 7.12. The average Bonchev–Trinajstić information content (AvgIpc) is 2.79. The van der Waals surface area contributed by atoms with Gasteiger partial charge < -0.3 is 4.74 Å². The predicted molar refractivity (Wildman–Crippen MR) is 82.4 cm³/mol. The van der Waals surface area contributed by atoms with Crippen molar-refractivity contribution in [3.8, 4) is 11.8 Å². The first kappa shape index (κ1) is 14.2. The number of hydrogen-bond donors (Lipinski definition) is 0. The molecular formula is C19H22O2. The molecule has 21 heavy (non-hydrogen) atoms. The Balaban J connectivity index is 1.69. The molecule has 3 rings (SSSR count). The molecule has 0 radical (unpaired) electrons. The van der Waals surface area contributed by atoms with E-state index in [9.17, 15) is 4.79 Å². The minimum atomic E-state index is -0.395. The van der Waals surface area contributed by atoms with E-state index < -0.39 is 5.97 Å². The van der Waals surface area contributed by atoms with Gasteiger partial charge in [-0.1, -0.05) is 44.9 Å². The van der Waals surface area contributed by atoms with Crippen LogP contribution in [0.1, 0.15) is 45.6 Å². The van der Waals surface area contributed by atoms with Gasteiger partial charge in [0.1, 0.15) is 6.10 Å². The SMILES string of the molecule is CC1(C)[C@H]2CC[C@]1(C)[C@H](OC(=O)C#Cc1ccccc1)C2. The van der Waals surface area contributed by atoms with Gasteiger partial charge in [0.15, 0.2) is 0 Å². The zero-order valence-electron chi connectivity index (χ0n) is 13.0. The van der Waals surface area contributed by atoms with E-state index in [-0.39, 0.29) is 16.9 Å². The van der Waals surface area contributed by atoms with Crippen molar-refractivity contribution in [3.63, 3.8) is 0 Å². The quantitative estimate of drug-likeness (QED) is 0.578. The maximum atomic E-state index is 12.0. The normalized spacial score (nSPS) is 32.3. The Morgan fingerprint density at radius 2 is 1.95 bits per heavy atom. The number of rotatable bonds is 1. The molecule has 2 bridgehead atoms. The first-order valence-corrected chi connectivity index (χ1v) is 7.71. The van der Waals surface area contributed by atoms with Crippen LogP contribution in [0.15, 0.2) is 30.3 Å². The fourth-order valence-corrected chi connectivity index (χ4v) is 4.11. The minimum absolute atomic E-state index is 0.0174. The zero-order chi connectivity index (χ0) is 15.1. The van der Waals surface area contributed by atoms with Gasteiger partial charge in [0.2, 0.25) is 0 Å². The Kier molecular flexibility index (Phi) is 3.32. The molecule has 0 spiro atoms. The van der Waals surface area contributed by atoms with Crippen molar-refractivity contribution in [2.45, 2.75) is 46.1 Å². The summed E-state index contributed by atoms with van der Waals surface area (Å²) < 4.78 is 5.69. The highest BCUT2D eigenvalue weighted by molar-refractivity contribution is 5.89. The van der Waals surface area contributed by atoms with Gasteiger partial charge in [-0.25, -0.2) is 4.79 Å². The number of benzene rings is 1. The molecule has 1 aromatic carbocycles. The predicted octanol–water partition coefficient (Wildman–Crippen LogP) is 3.80. The maximum absolute atomic E-state index is 12.0. The Morgan fingerprint density at radius 3 is 2.52 bits per heavy atom. The molecule has 2 saturated carbocycles. The summed E-state index contributed by atoms with van der Waals surface area (Å²) in [6.45, 7) is 6.89. The molecule has 0 saturated heterocycles. The third kappa shape index (κ3) is 2.25. The Morgan fingerprint density at radius 1 is 1.24 bits per heavy atom. The van der Waals surface area contributed by atoms with Crippen LogP contribution in [0.3, 0.4) is 0 Å². The van der Waals surface area contributed by atoms with Crippen molar-refractivity contribution in [2.24, 2.45) is 16.7 Å². The van der Waals surface area contributed by atoms with Crippen molar-refractivity contribution >= 4 is 5.97 Å². The second kappa shape index (κ2) is 4.91. The molecule has 1 aromatic rings. The molecule has 110 valence electrons. The van der Waals surface area contributed by atoms with Gasteiger partial charge in [0.05, 0.1) is 0 Å². The summed E-state index contributed by atoms with van der Waals surface area (Å²) in [5.74, 6) is 5.76. The summed E-state index contributed by atoms with van der Waals surface area (Å²) in [7, 11) is 0. The van der Waals surface area contributed by atoms with Gasteiger partial charge in [0, 0.05) is 16.9 Å². The summed E-state index contributed by atoms with van der Waals surface area (Å²) >= 11 is 0. The van der Waals surface area contributed by atoms with Crippen LogP contribution in [0, 0.1) is 28.6 Å². The van der Waals surface area contributed by atoms with Crippen molar-refractivity contribution < 1.29 is 9.53 Å². The number of fused-ring (bicyclic) bond motifs is 2. The van der Waals surface area contributed by atoms with Crippen LogP contribution in [0.2, 0.25) is 0 Å². The number of ether oxygens (including phenoxy) is 1. The molecule has 0 heterocycles. The van der Waals surface area contributed by atoms with E-state index in [1.807, 2.05) is 30.3 Å². The van der Waals surface area contributed by atoms with E-state index in [4.69, 9.17) is 4.74 Å². The Labute approximate surface area is 126 Å². The average molecular weight is 282 g/mol. The maximum Gasteiger partial charge on any atom is 0.385 e. The third-order valence-corrected chi connectivity index (χ3v) is 6.05. The van der Waals surface area contributed by atoms with Crippen molar-refractivity contribution in [1.82, 2.24) is 0 Å². The lowest BCUT2D eigenvalue weighted by Gasteiger charge is -2.38. The molecule has 3 atom stereocenters. The summed E-state index contributed by atoms with van der Waals surface area (Å²) in [4.78, 5) is 12.0. The largest absolute Gasteiger partial charge is 0.452 e. The first-order chi connectivity index (χ1) is 9.93. The zero-order valence-corrected chi connectivity index (χ0v) is 13.0. The van der Waals surface area contributed by atoms with Crippen LogP contribution in [0.4, 0.5) is 0 Å². The van der Waals surface area contributed by atoms with Gasteiger partial charge in [-0.2, -0.15) is 0 Å². The number of carbonyl (C=O) groups is 1. The monoisotopic (exact) mass is 282 g/mol. The lowest BCUT2D eigenvalue weighted by atomic mass is 9.70. The van der Waals surface area contributed by atoms with E-state index in [0.29, 0.717) is 5.92 Å². The van der Waals surface area contributed by atoms with Crippen LogP contribution in [0.25, 0.3) is 0 Å². The van der Waals surface area contributed by atoms with Gasteiger partial charge in [-0.15, -0.1) is 0 Å². The molecule has 0 aliphatic heterocycles. The van der Waals surface area contributed by atoms with Crippen LogP contribution >= 0.6 is 0 Å². The standard InChI is InChI=1S/C19H22O2/c1-18(2)15-11-12-19(18,3)16(13-15)21-17(20)10-9-14-7-5-4-6-8-14/h4-8,15-16H,11-13H2,1-3H3/t15-,16+,19+/m0/s1. The smallest absolute Gasteiger partial charge is 0.385 e. The molecule has 2 aliphatic rings. The lowest BCUT2D eigenvalue weighted by molar-refractivity contribution is -0.149. The number of hydrogen-bond acceptors (Lipinski definition) is 2. The van der Waals surface area contributed by atoms with Crippen LogP contribution < -0.4 is 0 Å². The van der Waals surface area contributed by atoms with Crippen molar-refractivity contribution in [1.29, 1.82) is 0 Å². The summed E-state index contributed by atoms with van der Waals surface area (Å²) in [6, 6.07) is 9.54. The van der Waals surface area contributed by atoms with Crippen LogP contribution in [0.5, 0.6) is 0 Å². The van der Waals surface area contributed by atoms with Crippen LogP contribution in [-0.4, -0.2) is 12.1 Å². The van der Waals surface area contributed by atoms with E-state index in [1.54, 1.807) is 0 Å². The van der Waals surface area contributed by atoms with Gasteiger partial charge in [-0.3, -0.25) is 0 Å². The minimum Gasteiger partial charge on any atom is -0.452 e. The molecule has 0 unspecified atom stereocenters. The van der Waals surface area contributed by atoms with Gasteiger partial charge in [-0.05, 0) is 42.7 Å². The Bertz CT molecular complexity index is 605. The molecule has 0 aromatic heterocycles. The van der Waals surface area contributed by atoms with E-state index in [1.165, 1.54) is 6.42 Å². The molecule has 2 heteroatoms. The lowest BCUT2D eigenvalue weighted by Crippen LogP contribution is -2.38. The fraction of sp³-hybridized carbons (Fsp3) is 0.526. The van der Waals surface area contributed by atoms with E-state index in [2.05, 4.69) is 32.6 Å². The third-order valence-electron chi connectivity index (χ3n) is 6.05. The summed E-state index contributed by atoms with van der Waals surface area (Å²) in [6.07, 6.45) is 3.41. The highest BCUT2D eigenvalue weighted by atomic mass is 16.5. The molecule has 2 fully saturated rings. The molecule has 2 nitrogen and oxygen atoms in total. The molecular weight excluding hydrogens is 260 g/mol. The highest BCUT2D eigenvalue weighted by Crippen LogP contribution is 2.66. The highest BCUT2D eigenvalue weighted by Gasteiger charge is 2.62. The molecule has 0 N–H and O–H groups in total. The topological polar surface area (TPSA) is 26.3 Å². The molecule has 0 amide bonds. The summed E-state index contributed by atoms with van der Waals surface area (Å²) in [5.41, 5.74) is 1.20. The van der Waals surface area contributed by atoms with Gasteiger partial charge >= 0.3 is 5.97 Å². The van der Waals surface area contributed by atoms with Crippen LogP contribution in [-0.2, 0) is 9.53 Å². The fourth-order valence-electron chi connectivity index (χ4n) is 4.11. The van der Waals surface area contributed by atoms with Crippen molar-refractivity contribution in [3.05, 3.63) is 35.9 Å². The number of carbonyl (C=O) groups excluding carboxylic acids is 1. The van der Waals surface area contributed by atoms with E-state index >= 15 is 0 Å². The van der Waals surface area contributed by atoms with Crippen molar-refractivity contribution in [2.75, 3.05) is 0 Å². The molecule has 2 aliphatic carbocycles. The van der Waals surface area contributed by atoms with Gasteiger partial charge in [0.25, 0.3) is 0 Å².